The number of nitrogens with zero attached hydrogens (tertiary/aromatic N) is 1. The van der Waals surface area contributed by atoms with E-state index in [4.69, 9.17) is 13.9 Å². The maximum absolute atomic E-state index is 5.77. The summed E-state index contributed by atoms with van der Waals surface area (Å²) in [6.07, 6.45) is 0.685. The summed E-state index contributed by atoms with van der Waals surface area (Å²) in [5.41, 5.74) is 2.87. The van der Waals surface area contributed by atoms with Gasteiger partial charge in [-0.15, -0.1) is 0 Å². The van der Waals surface area contributed by atoms with Crippen LogP contribution in [-0.2, 0) is 17.8 Å². The Morgan fingerprint density at radius 3 is 2.71 bits per heavy atom. The van der Waals surface area contributed by atoms with Crippen molar-refractivity contribution in [2.24, 2.45) is 0 Å². The number of aryl methyl sites for hydroxylation is 1. The second-order valence-electron chi connectivity index (χ2n) is 5.46. The lowest BCUT2D eigenvalue weighted by Crippen LogP contribution is -2.03. The van der Waals surface area contributed by atoms with Gasteiger partial charge in [0, 0.05) is 25.2 Å². The van der Waals surface area contributed by atoms with Gasteiger partial charge in [0.2, 0.25) is 5.89 Å². The molecule has 3 aromatic rings. The fourth-order valence-corrected chi connectivity index (χ4v) is 2.44. The van der Waals surface area contributed by atoms with Gasteiger partial charge >= 0.3 is 0 Å². The normalized spacial score (nSPS) is 10.8. The Morgan fingerprint density at radius 1 is 1.08 bits per heavy atom. The second-order valence-corrected chi connectivity index (χ2v) is 5.46. The highest BCUT2D eigenvalue weighted by Gasteiger charge is 2.11. The van der Waals surface area contributed by atoms with Crippen molar-refractivity contribution in [2.75, 3.05) is 13.7 Å². The number of hydrogen-bond donors (Lipinski definition) is 0. The molecular formula is C20H20NO3. The monoisotopic (exact) mass is 322 g/mol. The van der Waals surface area contributed by atoms with Gasteiger partial charge in [-0.1, -0.05) is 30.3 Å². The van der Waals surface area contributed by atoms with Crippen molar-refractivity contribution in [3.63, 3.8) is 0 Å². The van der Waals surface area contributed by atoms with E-state index in [9.17, 15) is 0 Å². The Balaban J connectivity index is 1.61. The highest BCUT2D eigenvalue weighted by molar-refractivity contribution is 5.53. The average molecular weight is 322 g/mol. The summed E-state index contributed by atoms with van der Waals surface area (Å²) < 4.78 is 16.6. The van der Waals surface area contributed by atoms with Crippen LogP contribution >= 0.6 is 0 Å². The van der Waals surface area contributed by atoms with E-state index in [1.54, 1.807) is 7.11 Å². The van der Waals surface area contributed by atoms with Gasteiger partial charge in [0.15, 0.2) is 0 Å². The largest absolute Gasteiger partial charge is 0.493 e. The fourth-order valence-electron chi connectivity index (χ4n) is 2.44. The zero-order valence-electron chi connectivity index (χ0n) is 13.9. The fraction of sp³-hybridized carbons (Fsp3) is 0.250. The third-order valence-corrected chi connectivity index (χ3v) is 3.64. The molecule has 1 heterocycles. The molecule has 0 spiro atoms. The summed E-state index contributed by atoms with van der Waals surface area (Å²) in [6.45, 7) is 2.98. The number of aromatic nitrogens is 1. The summed E-state index contributed by atoms with van der Waals surface area (Å²) in [5.74, 6) is 2.19. The van der Waals surface area contributed by atoms with Crippen molar-refractivity contribution < 1.29 is 13.9 Å². The lowest BCUT2D eigenvalue weighted by molar-refractivity contribution is 0.184. The molecule has 0 fully saturated rings. The first-order chi connectivity index (χ1) is 11.8. The molecule has 0 aliphatic rings. The number of hydrogen-bond acceptors (Lipinski definition) is 4. The van der Waals surface area contributed by atoms with Crippen LogP contribution in [0.2, 0.25) is 0 Å². The summed E-state index contributed by atoms with van der Waals surface area (Å²) in [7, 11) is 1.67. The Bertz CT molecular complexity index is 781. The maximum atomic E-state index is 5.77. The maximum Gasteiger partial charge on any atom is 0.226 e. The summed E-state index contributed by atoms with van der Waals surface area (Å²) >= 11 is 0. The number of oxazole rings is 1. The minimum atomic E-state index is 0.522. The number of methoxy groups -OCH3 is 1. The second kappa shape index (κ2) is 7.79. The Labute approximate surface area is 142 Å². The molecule has 3 rings (SSSR count). The molecule has 0 amide bonds. The average Bonchev–Trinajstić information content (AvgIpc) is 2.97. The van der Waals surface area contributed by atoms with E-state index in [2.05, 4.69) is 11.1 Å². The summed E-state index contributed by atoms with van der Waals surface area (Å²) in [5, 5.41) is 0. The van der Waals surface area contributed by atoms with Gasteiger partial charge in [-0.2, -0.15) is 0 Å². The van der Waals surface area contributed by atoms with Crippen LogP contribution in [0, 0.1) is 13.0 Å². The van der Waals surface area contributed by atoms with Crippen molar-refractivity contribution in [1.82, 2.24) is 4.98 Å². The first kappa shape index (κ1) is 16.3. The summed E-state index contributed by atoms with van der Waals surface area (Å²) in [4.78, 5) is 4.58. The standard InChI is InChI=1S/C20H20NO3/c1-15-19(21-20(24-15)17-8-4-3-5-9-17)11-12-23-18-10-6-7-16(13-18)14-22-2/h3-10H,11-12,14H2,1-2H3. The van der Waals surface area contributed by atoms with Gasteiger partial charge < -0.3 is 13.9 Å². The van der Waals surface area contributed by atoms with Crippen LogP contribution < -0.4 is 4.74 Å². The molecular weight excluding hydrogens is 302 g/mol. The molecule has 0 N–H and O–H groups in total. The molecule has 0 aliphatic heterocycles. The van der Waals surface area contributed by atoms with Crippen LogP contribution in [0.15, 0.2) is 52.9 Å². The van der Waals surface area contributed by atoms with E-state index >= 15 is 0 Å². The third-order valence-electron chi connectivity index (χ3n) is 3.64. The van der Waals surface area contributed by atoms with Gasteiger partial charge in [-0.05, 0) is 30.7 Å². The first-order valence-electron chi connectivity index (χ1n) is 7.91. The van der Waals surface area contributed by atoms with Gasteiger partial charge in [0.1, 0.15) is 11.5 Å². The van der Waals surface area contributed by atoms with E-state index in [0.717, 1.165) is 22.6 Å². The van der Waals surface area contributed by atoms with Gasteiger partial charge in [0.05, 0.1) is 18.9 Å². The molecule has 1 aromatic heterocycles. The van der Waals surface area contributed by atoms with Crippen molar-refractivity contribution in [3.8, 4) is 17.2 Å². The van der Waals surface area contributed by atoms with E-state index < -0.39 is 0 Å². The minimum Gasteiger partial charge on any atom is -0.493 e. The van der Waals surface area contributed by atoms with Crippen LogP contribution in [-0.4, -0.2) is 18.7 Å². The molecule has 0 atom stereocenters. The third kappa shape index (κ3) is 4.03. The lowest BCUT2D eigenvalue weighted by Gasteiger charge is -2.06. The van der Waals surface area contributed by atoms with Gasteiger partial charge in [0.25, 0.3) is 0 Å². The van der Waals surface area contributed by atoms with Crippen LogP contribution in [0.1, 0.15) is 17.0 Å². The molecule has 0 saturated carbocycles. The Morgan fingerprint density at radius 2 is 1.92 bits per heavy atom. The Hall–Kier alpha value is -2.59. The van der Waals surface area contributed by atoms with E-state index in [0.29, 0.717) is 31.3 Å². The van der Waals surface area contributed by atoms with Crippen LogP contribution in [0.25, 0.3) is 11.5 Å². The van der Waals surface area contributed by atoms with Crippen LogP contribution in [0.3, 0.4) is 0 Å². The lowest BCUT2D eigenvalue weighted by atomic mass is 10.2. The molecule has 123 valence electrons. The number of rotatable bonds is 7. The predicted octanol–water partition coefficient (Wildman–Crippen LogP) is 4.22. The highest BCUT2D eigenvalue weighted by Crippen LogP contribution is 2.22. The van der Waals surface area contributed by atoms with Gasteiger partial charge in [-0.25, -0.2) is 4.98 Å². The predicted molar refractivity (Wildman–Crippen MR) is 91.9 cm³/mol. The van der Waals surface area contributed by atoms with Crippen molar-refractivity contribution in [1.29, 1.82) is 0 Å². The van der Waals surface area contributed by atoms with E-state index in [1.165, 1.54) is 0 Å². The zero-order valence-corrected chi connectivity index (χ0v) is 13.9. The minimum absolute atomic E-state index is 0.522. The van der Waals surface area contributed by atoms with Gasteiger partial charge in [-0.3, -0.25) is 0 Å². The van der Waals surface area contributed by atoms with E-state index in [1.807, 2.05) is 55.5 Å². The zero-order chi connectivity index (χ0) is 16.8. The summed E-state index contributed by atoms with van der Waals surface area (Å²) in [6, 6.07) is 18.9. The molecule has 0 unspecified atom stereocenters. The van der Waals surface area contributed by atoms with Crippen molar-refractivity contribution in [3.05, 3.63) is 71.6 Å². The molecule has 1 radical (unpaired) electrons. The van der Waals surface area contributed by atoms with E-state index in [-0.39, 0.29) is 0 Å². The smallest absolute Gasteiger partial charge is 0.226 e. The quantitative estimate of drug-likeness (QED) is 0.653. The Kier molecular flexibility index (Phi) is 5.29. The molecule has 4 heteroatoms. The molecule has 0 saturated heterocycles. The van der Waals surface area contributed by atoms with Crippen molar-refractivity contribution >= 4 is 0 Å². The molecule has 0 bridgehead atoms. The van der Waals surface area contributed by atoms with Crippen LogP contribution in [0.4, 0.5) is 0 Å². The topological polar surface area (TPSA) is 44.5 Å². The number of ether oxygens (including phenoxy) is 2. The SMILES string of the molecule is COCc1[c]c(OCCc2nc(-c3ccccc3)oc2C)ccc1. The molecule has 0 aliphatic carbocycles. The first-order valence-corrected chi connectivity index (χ1v) is 7.91. The highest BCUT2D eigenvalue weighted by atomic mass is 16.5. The molecule has 24 heavy (non-hydrogen) atoms. The molecule has 2 aromatic carbocycles. The molecule has 4 nitrogen and oxygen atoms in total. The van der Waals surface area contributed by atoms with Crippen molar-refractivity contribution in [2.45, 2.75) is 20.0 Å². The van der Waals surface area contributed by atoms with Crippen LogP contribution in [0.5, 0.6) is 5.75 Å². The number of benzene rings is 2.